The Bertz CT molecular complexity index is 546. The van der Waals surface area contributed by atoms with Gasteiger partial charge in [0.15, 0.2) is 0 Å². The summed E-state index contributed by atoms with van der Waals surface area (Å²) in [6, 6.07) is 7.94. The van der Waals surface area contributed by atoms with Gasteiger partial charge in [-0.25, -0.2) is 14.4 Å². The van der Waals surface area contributed by atoms with E-state index in [1.165, 1.54) is 18.5 Å². The van der Waals surface area contributed by atoms with Crippen molar-refractivity contribution in [1.82, 2.24) is 9.97 Å². The molecular weight excluding hydrogens is 243 g/mol. The van der Waals surface area contributed by atoms with Crippen molar-refractivity contribution < 1.29 is 4.39 Å². The predicted molar refractivity (Wildman–Crippen MR) is 75.1 cm³/mol. The largest absolute Gasteiger partial charge is 0.365 e. The molecule has 0 aliphatic heterocycles. The van der Waals surface area contributed by atoms with Gasteiger partial charge < -0.3 is 10.6 Å². The summed E-state index contributed by atoms with van der Waals surface area (Å²) >= 11 is 0. The molecule has 1 heterocycles. The molecule has 1 aromatic heterocycles. The molecular formula is C14H17FN4. The van der Waals surface area contributed by atoms with E-state index in [9.17, 15) is 4.39 Å². The lowest BCUT2D eigenvalue weighted by molar-refractivity contribution is 0.628. The van der Waals surface area contributed by atoms with E-state index in [4.69, 9.17) is 0 Å². The number of anilines is 3. The molecule has 100 valence electrons. The van der Waals surface area contributed by atoms with Gasteiger partial charge in [-0.05, 0) is 45.0 Å². The molecule has 2 N–H and O–H groups in total. The zero-order valence-corrected chi connectivity index (χ0v) is 11.2. The van der Waals surface area contributed by atoms with Gasteiger partial charge >= 0.3 is 0 Å². The van der Waals surface area contributed by atoms with Crippen molar-refractivity contribution in [2.75, 3.05) is 10.6 Å². The maximum atomic E-state index is 12.8. The Morgan fingerprint density at radius 3 is 2.26 bits per heavy atom. The van der Waals surface area contributed by atoms with Gasteiger partial charge in [0, 0.05) is 17.3 Å². The Labute approximate surface area is 112 Å². The van der Waals surface area contributed by atoms with Crippen molar-refractivity contribution in [3.8, 4) is 0 Å². The summed E-state index contributed by atoms with van der Waals surface area (Å²) in [7, 11) is 0. The van der Waals surface area contributed by atoms with E-state index < -0.39 is 0 Å². The Hall–Kier alpha value is -2.17. The van der Waals surface area contributed by atoms with Crippen molar-refractivity contribution >= 4 is 17.3 Å². The maximum absolute atomic E-state index is 12.8. The fraction of sp³-hybridized carbons (Fsp3) is 0.286. The molecule has 19 heavy (non-hydrogen) atoms. The molecule has 0 amide bonds. The van der Waals surface area contributed by atoms with Crippen LogP contribution in [0, 0.1) is 5.82 Å². The topological polar surface area (TPSA) is 49.8 Å². The van der Waals surface area contributed by atoms with E-state index >= 15 is 0 Å². The van der Waals surface area contributed by atoms with E-state index in [0.717, 1.165) is 11.5 Å². The third-order valence-corrected chi connectivity index (χ3v) is 2.29. The molecule has 0 aliphatic carbocycles. The molecule has 0 saturated heterocycles. The molecule has 4 nitrogen and oxygen atoms in total. The summed E-state index contributed by atoms with van der Waals surface area (Å²) in [4.78, 5) is 8.29. The second kappa shape index (κ2) is 5.22. The summed E-state index contributed by atoms with van der Waals surface area (Å²) in [6.07, 6.45) is 1.49. The molecule has 0 spiro atoms. The van der Waals surface area contributed by atoms with Gasteiger partial charge in [0.05, 0.1) is 0 Å². The number of hydrogen-bond acceptors (Lipinski definition) is 4. The molecule has 0 fully saturated rings. The first-order chi connectivity index (χ1) is 8.92. The minimum atomic E-state index is -0.261. The number of hydrogen-bond donors (Lipinski definition) is 2. The molecule has 0 unspecified atom stereocenters. The van der Waals surface area contributed by atoms with Crippen LogP contribution < -0.4 is 10.6 Å². The van der Waals surface area contributed by atoms with Crippen LogP contribution in [0.15, 0.2) is 36.7 Å². The third-order valence-electron chi connectivity index (χ3n) is 2.29. The van der Waals surface area contributed by atoms with Gasteiger partial charge in [-0.3, -0.25) is 0 Å². The number of nitrogens with zero attached hydrogens (tertiary/aromatic N) is 2. The number of benzene rings is 1. The summed E-state index contributed by atoms with van der Waals surface area (Å²) in [5, 5.41) is 6.36. The van der Waals surface area contributed by atoms with Crippen LogP contribution in [-0.4, -0.2) is 15.5 Å². The minimum Gasteiger partial charge on any atom is -0.365 e. The van der Waals surface area contributed by atoms with Gasteiger partial charge in [-0.15, -0.1) is 0 Å². The first kappa shape index (κ1) is 13.3. The van der Waals surface area contributed by atoms with Crippen LogP contribution in [0.1, 0.15) is 20.8 Å². The first-order valence-electron chi connectivity index (χ1n) is 6.05. The molecule has 2 aromatic rings. The minimum absolute atomic E-state index is 0.0680. The maximum Gasteiger partial charge on any atom is 0.135 e. The monoisotopic (exact) mass is 260 g/mol. The average molecular weight is 260 g/mol. The number of rotatable bonds is 3. The molecule has 0 saturated carbocycles. The van der Waals surface area contributed by atoms with Crippen LogP contribution in [0.5, 0.6) is 0 Å². The summed E-state index contributed by atoms with van der Waals surface area (Å²) in [5.41, 5.74) is 0.711. The van der Waals surface area contributed by atoms with E-state index in [1.54, 1.807) is 12.1 Å². The molecule has 0 aliphatic rings. The predicted octanol–water partition coefficient (Wildman–Crippen LogP) is 3.57. The highest BCUT2D eigenvalue weighted by molar-refractivity contribution is 5.58. The molecule has 0 radical (unpaired) electrons. The Morgan fingerprint density at radius 2 is 1.63 bits per heavy atom. The molecule has 0 atom stereocenters. The number of nitrogens with one attached hydrogen (secondary N) is 2. The number of halogens is 1. The van der Waals surface area contributed by atoms with Gasteiger partial charge in [0.1, 0.15) is 23.8 Å². The van der Waals surface area contributed by atoms with Crippen LogP contribution in [0.4, 0.5) is 21.7 Å². The van der Waals surface area contributed by atoms with E-state index in [1.807, 2.05) is 6.07 Å². The lowest BCUT2D eigenvalue weighted by atomic mass is 10.1. The first-order valence-corrected chi connectivity index (χ1v) is 6.05. The quantitative estimate of drug-likeness (QED) is 0.885. The smallest absolute Gasteiger partial charge is 0.135 e. The standard InChI is InChI=1S/C14H17FN4/c1-14(2,3)19-13-8-12(16-9-17-13)18-11-6-4-10(15)5-7-11/h4-9H,1-3H3,(H2,16,17,18,19). The van der Waals surface area contributed by atoms with Crippen molar-refractivity contribution in [3.05, 3.63) is 42.5 Å². The fourth-order valence-corrected chi connectivity index (χ4v) is 1.56. The van der Waals surface area contributed by atoms with Crippen LogP contribution in [0.2, 0.25) is 0 Å². The lowest BCUT2D eigenvalue weighted by Crippen LogP contribution is -2.26. The SMILES string of the molecule is CC(C)(C)Nc1cc(Nc2ccc(F)cc2)ncn1. The normalized spacial score (nSPS) is 11.2. The summed E-state index contributed by atoms with van der Waals surface area (Å²) in [5.74, 6) is 1.14. The molecule has 0 bridgehead atoms. The van der Waals surface area contributed by atoms with Gasteiger partial charge in [0.2, 0.25) is 0 Å². The second-order valence-electron chi connectivity index (χ2n) is 5.30. The van der Waals surface area contributed by atoms with Crippen LogP contribution in [0.3, 0.4) is 0 Å². The average Bonchev–Trinajstić information content (AvgIpc) is 2.30. The third kappa shape index (κ3) is 4.21. The summed E-state index contributed by atoms with van der Waals surface area (Å²) in [6.45, 7) is 6.17. The Kier molecular flexibility index (Phi) is 3.64. The highest BCUT2D eigenvalue weighted by Gasteiger charge is 2.10. The zero-order valence-electron chi connectivity index (χ0n) is 11.2. The second-order valence-corrected chi connectivity index (χ2v) is 5.30. The Morgan fingerprint density at radius 1 is 1.00 bits per heavy atom. The molecule has 5 heteroatoms. The van der Waals surface area contributed by atoms with Crippen molar-refractivity contribution in [2.45, 2.75) is 26.3 Å². The van der Waals surface area contributed by atoms with Crippen LogP contribution in [0.25, 0.3) is 0 Å². The van der Waals surface area contributed by atoms with Gasteiger partial charge in [-0.1, -0.05) is 0 Å². The molecule has 2 rings (SSSR count). The van der Waals surface area contributed by atoms with Crippen molar-refractivity contribution in [2.24, 2.45) is 0 Å². The zero-order chi connectivity index (χ0) is 13.9. The van der Waals surface area contributed by atoms with Crippen LogP contribution in [-0.2, 0) is 0 Å². The van der Waals surface area contributed by atoms with E-state index in [-0.39, 0.29) is 11.4 Å². The molecule has 1 aromatic carbocycles. The van der Waals surface area contributed by atoms with Gasteiger partial charge in [0.25, 0.3) is 0 Å². The van der Waals surface area contributed by atoms with E-state index in [0.29, 0.717) is 5.82 Å². The van der Waals surface area contributed by atoms with Crippen molar-refractivity contribution in [1.29, 1.82) is 0 Å². The fourth-order valence-electron chi connectivity index (χ4n) is 1.56. The Balaban J connectivity index is 2.13. The van der Waals surface area contributed by atoms with Gasteiger partial charge in [-0.2, -0.15) is 0 Å². The lowest BCUT2D eigenvalue weighted by Gasteiger charge is -2.21. The summed E-state index contributed by atoms with van der Waals surface area (Å²) < 4.78 is 12.8. The van der Waals surface area contributed by atoms with E-state index in [2.05, 4.69) is 41.4 Å². The van der Waals surface area contributed by atoms with Crippen molar-refractivity contribution in [3.63, 3.8) is 0 Å². The highest BCUT2D eigenvalue weighted by Crippen LogP contribution is 2.18. The number of aromatic nitrogens is 2. The van der Waals surface area contributed by atoms with Crippen LogP contribution >= 0.6 is 0 Å². The highest BCUT2D eigenvalue weighted by atomic mass is 19.1.